The molecule has 2 aromatic carbocycles. The minimum Gasteiger partial charge on any atom is -0.338 e. The number of aromatic nitrogens is 3. The number of carbonyl (C=O) groups is 1. The summed E-state index contributed by atoms with van der Waals surface area (Å²) in [6.45, 7) is 2.69. The number of amides is 1. The molecular weight excluding hydrogens is 467 g/mol. The Labute approximate surface area is 207 Å². The van der Waals surface area contributed by atoms with Crippen molar-refractivity contribution < 1.29 is 9.18 Å². The van der Waals surface area contributed by atoms with Crippen molar-refractivity contribution in [3.05, 3.63) is 99.8 Å². The van der Waals surface area contributed by atoms with E-state index in [1.54, 1.807) is 35.4 Å². The molecule has 8 heteroatoms. The lowest BCUT2D eigenvalue weighted by Gasteiger charge is -2.25. The molecule has 4 aromatic rings. The van der Waals surface area contributed by atoms with Crippen LogP contribution in [0.5, 0.6) is 0 Å². The van der Waals surface area contributed by atoms with Crippen LogP contribution in [-0.4, -0.2) is 38.4 Å². The fourth-order valence-corrected chi connectivity index (χ4v) is 5.25. The molecule has 0 fully saturated rings. The van der Waals surface area contributed by atoms with Crippen LogP contribution in [0, 0.1) is 5.82 Å². The average Bonchev–Trinajstić information content (AvgIpc) is 3.51. The summed E-state index contributed by atoms with van der Waals surface area (Å²) in [5, 5.41) is 11.7. The van der Waals surface area contributed by atoms with Gasteiger partial charge in [0.1, 0.15) is 11.6 Å². The van der Waals surface area contributed by atoms with Gasteiger partial charge in [0.25, 0.3) is 0 Å². The minimum atomic E-state index is -0.284. The lowest BCUT2D eigenvalue weighted by atomic mass is 10.1. The summed E-state index contributed by atoms with van der Waals surface area (Å²) >= 11 is 3.11. The Bertz CT molecular complexity index is 1190. The van der Waals surface area contributed by atoms with Gasteiger partial charge in [0.2, 0.25) is 5.91 Å². The van der Waals surface area contributed by atoms with Crippen LogP contribution >= 0.6 is 23.1 Å². The van der Waals surface area contributed by atoms with Crippen molar-refractivity contribution in [1.82, 2.24) is 19.7 Å². The fourth-order valence-electron chi connectivity index (χ4n) is 3.64. The van der Waals surface area contributed by atoms with E-state index in [1.807, 2.05) is 31.2 Å². The normalized spacial score (nSPS) is 12.0. The molecule has 0 N–H and O–H groups in total. The van der Waals surface area contributed by atoms with E-state index < -0.39 is 0 Å². The molecule has 0 aliphatic rings. The number of hydrogen-bond donors (Lipinski definition) is 0. The van der Waals surface area contributed by atoms with Crippen LogP contribution in [0.3, 0.4) is 0 Å². The number of rotatable bonds is 10. The first kappa shape index (κ1) is 24.2. The van der Waals surface area contributed by atoms with Gasteiger partial charge in [-0.25, -0.2) is 4.39 Å². The Morgan fingerprint density at radius 2 is 1.85 bits per heavy atom. The summed E-state index contributed by atoms with van der Waals surface area (Å²) in [5.41, 5.74) is 2.14. The number of carbonyl (C=O) groups excluding carboxylic acids is 1. The van der Waals surface area contributed by atoms with Gasteiger partial charge < -0.3 is 9.47 Å². The predicted octanol–water partition coefficient (Wildman–Crippen LogP) is 5.62. The number of benzene rings is 2. The summed E-state index contributed by atoms with van der Waals surface area (Å²) in [7, 11) is 1.78. The number of halogens is 1. The highest BCUT2D eigenvalue weighted by Crippen LogP contribution is 2.24. The topological polar surface area (TPSA) is 51.0 Å². The Morgan fingerprint density at radius 3 is 2.56 bits per heavy atom. The first-order valence-corrected chi connectivity index (χ1v) is 13.0. The van der Waals surface area contributed by atoms with Crippen molar-refractivity contribution in [2.45, 2.75) is 37.5 Å². The Kier molecular flexibility index (Phi) is 8.13. The lowest BCUT2D eigenvalue weighted by Crippen LogP contribution is -2.31. The van der Waals surface area contributed by atoms with Gasteiger partial charge in [-0.1, -0.05) is 60.3 Å². The summed E-state index contributed by atoms with van der Waals surface area (Å²) in [6.07, 6.45) is 1.58. The van der Waals surface area contributed by atoms with E-state index in [0.717, 1.165) is 35.9 Å². The molecule has 0 bridgehead atoms. The second kappa shape index (κ2) is 11.4. The molecule has 1 atom stereocenters. The van der Waals surface area contributed by atoms with Gasteiger partial charge in [0.15, 0.2) is 5.16 Å². The van der Waals surface area contributed by atoms with Crippen molar-refractivity contribution in [2.24, 2.45) is 0 Å². The van der Waals surface area contributed by atoms with Crippen LogP contribution < -0.4 is 0 Å². The highest BCUT2D eigenvalue weighted by molar-refractivity contribution is 7.99. The van der Waals surface area contributed by atoms with E-state index in [0.29, 0.717) is 0 Å². The van der Waals surface area contributed by atoms with Crippen LogP contribution in [0.1, 0.15) is 34.8 Å². The largest absolute Gasteiger partial charge is 0.338 e. The van der Waals surface area contributed by atoms with Gasteiger partial charge in [-0.2, -0.15) is 0 Å². The van der Waals surface area contributed by atoms with Crippen LogP contribution in [-0.2, 0) is 24.2 Å². The molecular formula is C26H27FN4OS2. The predicted molar refractivity (Wildman–Crippen MR) is 136 cm³/mol. The second-order valence-corrected chi connectivity index (χ2v) is 10.0. The minimum absolute atomic E-state index is 0.0146. The van der Waals surface area contributed by atoms with Crippen LogP contribution in [0.15, 0.2) is 77.3 Å². The van der Waals surface area contributed by atoms with Gasteiger partial charge in [-0.3, -0.25) is 4.79 Å². The fraction of sp³-hybridized carbons (Fsp3) is 0.269. The van der Waals surface area contributed by atoms with E-state index in [4.69, 9.17) is 0 Å². The van der Waals surface area contributed by atoms with Crippen molar-refractivity contribution in [1.29, 1.82) is 0 Å². The highest BCUT2D eigenvalue weighted by Gasteiger charge is 2.20. The van der Waals surface area contributed by atoms with Crippen LogP contribution in [0.4, 0.5) is 4.39 Å². The standard InChI is InChI=1S/C26H27FN4OS2/c1-19(21-10-12-22(27)13-11-21)30(2)25(32)18-34-26-29-28-24(17-23-9-6-16-33-23)31(26)15-14-20-7-4-3-5-8-20/h3-13,16,19H,14-15,17-18H2,1-2H3. The first-order valence-electron chi connectivity index (χ1n) is 11.1. The van der Waals surface area contributed by atoms with Gasteiger partial charge in [-0.15, -0.1) is 21.5 Å². The average molecular weight is 495 g/mol. The van der Waals surface area contributed by atoms with Crippen molar-refractivity contribution in [3.8, 4) is 0 Å². The molecule has 34 heavy (non-hydrogen) atoms. The number of thioether (sulfide) groups is 1. The Morgan fingerprint density at radius 1 is 1.09 bits per heavy atom. The van der Waals surface area contributed by atoms with Gasteiger partial charge >= 0.3 is 0 Å². The molecule has 0 aliphatic carbocycles. The molecule has 0 radical (unpaired) electrons. The molecule has 0 aliphatic heterocycles. The van der Waals surface area contributed by atoms with E-state index in [-0.39, 0.29) is 23.5 Å². The van der Waals surface area contributed by atoms with Crippen LogP contribution in [0.2, 0.25) is 0 Å². The van der Waals surface area contributed by atoms with Crippen molar-refractivity contribution in [3.63, 3.8) is 0 Å². The van der Waals surface area contributed by atoms with Crippen molar-refractivity contribution >= 4 is 29.0 Å². The zero-order valence-electron chi connectivity index (χ0n) is 19.2. The number of nitrogens with zero attached hydrogens (tertiary/aromatic N) is 4. The van der Waals surface area contributed by atoms with E-state index in [9.17, 15) is 9.18 Å². The molecule has 2 heterocycles. The quantitative estimate of drug-likeness (QED) is 0.268. The summed E-state index contributed by atoms with van der Waals surface area (Å²) in [6, 6.07) is 20.6. The van der Waals surface area contributed by atoms with Crippen molar-refractivity contribution in [2.75, 3.05) is 12.8 Å². The molecule has 0 saturated heterocycles. The number of aryl methyl sites for hydroxylation is 1. The maximum Gasteiger partial charge on any atom is 0.233 e. The SMILES string of the molecule is CC(c1ccc(F)cc1)N(C)C(=O)CSc1nnc(Cc2cccs2)n1CCc1ccccc1. The van der Waals surface area contributed by atoms with Gasteiger partial charge in [0.05, 0.1) is 11.8 Å². The smallest absolute Gasteiger partial charge is 0.233 e. The second-order valence-electron chi connectivity index (χ2n) is 8.06. The molecule has 2 aromatic heterocycles. The molecule has 4 rings (SSSR count). The Balaban J connectivity index is 1.45. The molecule has 5 nitrogen and oxygen atoms in total. The maximum absolute atomic E-state index is 13.2. The lowest BCUT2D eigenvalue weighted by molar-refractivity contribution is -0.128. The molecule has 1 unspecified atom stereocenters. The third-order valence-corrected chi connectivity index (χ3v) is 7.65. The number of thiophene rings is 1. The van der Waals surface area contributed by atoms with Gasteiger partial charge in [0, 0.05) is 24.9 Å². The molecule has 0 spiro atoms. The zero-order valence-corrected chi connectivity index (χ0v) is 20.9. The van der Waals surface area contributed by atoms with E-state index >= 15 is 0 Å². The molecule has 0 saturated carbocycles. The van der Waals surface area contributed by atoms with Gasteiger partial charge in [-0.05, 0) is 48.1 Å². The highest BCUT2D eigenvalue weighted by atomic mass is 32.2. The molecule has 1 amide bonds. The third-order valence-electron chi connectivity index (χ3n) is 5.82. The third kappa shape index (κ3) is 6.12. The molecule has 176 valence electrons. The number of hydrogen-bond acceptors (Lipinski definition) is 5. The summed E-state index contributed by atoms with van der Waals surface area (Å²) in [4.78, 5) is 15.8. The summed E-state index contributed by atoms with van der Waals surface area (Å²) in [5.74, 6) is 0.860. The Hall–Kier alpha value is -2.97. The monoisotopic (exact) mass is 494 g/mol. The maximum atomic E-state index is 13.2. The zero-order chi connectivity index (χ0) is 23.9. The van der Waals surface area contributed by atoms with Crippen LogP contribution in [0.25, 0.3) is 0 Å². The first-order chi connectivity index (χ1) is 16.5. The van der Waals surface area contributed by atoms with E-state index in [1.165, 1.54) is 34.3 Å². The summed E-state index contributed by atoms with van der Waals surface area (Å²) < 4.78 is 15.4. The van der Waals surface area contributed by atoms with E-state index in [2.05, 4.69) is 38.3 Å².